The van der Waals surface area contributed by atoms with Gasteiger partial charge in [-0.25, -0.2) is 4.98 Å². The molecule has 3 aromatic rings. The first-order valence-corrected chi connectivity index (χ1v) is 14.7. The van der Waals surface area contributed by atoms with Gasteiger partial charge in [0, 0.05) is 55.0 Å². The van der Waals surface area contributed by atoms with Crippen molar-refractivity contribution in [3.8, 4) is 0 Å². The van der Waals surface area contributed by atoms with Crippen molar-refractivity contribution in [3.63, 3.8) is 0 Å². The molecule has 6 nitrogen and oxygen atoms in total. The van der Waals surface area contributed by atoms with Crippen molar-refractivity contribution in [2.24, 2.45) is 11.8 Å². The van der Waals surface area contributed by atoms with E-state index >= 15 is 0 Å². The molecule has 7 heteroatoms. The lowest BCUT2D eigenvalue weighted by Gasteiger charge is -2.19. The summed E-state index contributed by atoms with van der Waals surface area (Å²) in [5.41, 5.74) is 2.55. The van der Waals surface area contributed by atoms with E-state index in [1.165, 1.54) is 4.88 Å². The molecule has 1 aromatic carbocycles. The van der Waals surface area contributed by atoms with E-state index < -0.39 is 0 Å². The standard InChI is InChI=1S/C30H43N3O3S/c1-6-24(7-2)33-27-13-12-22(18-26(27)32-29(33)20-25-11-9-16-37-25)28(34)19-23(17-21(4)5)30(35)31-14-10-15-36-8-3/h9,11-13,16,18,21,23-24H,6-8,10,14-15,17,19-20H2,1-5H3,(H,31,35)/t23-/m1/s1. The Balaban J connectivity index is 1.81. The van der Waals surface area contributed by atoms with Crippen molar-refractivity contribution in [1.82, 2.24) is 14.9 Å². The third kappa shape index (κ3) is 7.99. The van der Waals surface area contributed by atoms with Crippen LogP contribution in [0.2, 0.25) is 0 Å². The molecule has 0 fully saturated rings. The van der Waals surface area contributed by atoms with E-state index in [0.29, 0.717) is 43.7 Å². The molecule has 2 aromatic heterocycles. The lowest BCUT2D eigenvalue weighted by molar-refractivity contribution is -0.125. The highest BCUT2D eigenvalue weighted by molar-refractivity contribution is 7.09. The summed E-state index contributed by atoms with van der Waals surface area (Å²) in [7, 11) is 0. The molecular weight excluding hydrogens is 482 g/mol. The molecule has 1 atom stereocenters. The number of benzene rings is 1. The van der Waals surface area contributed by atoms with Gasteiger partial charge < -0.3 is 14.6 Å². The number of hydrogen-bond donors (Lipinski definition) is 1. The van der Waals surface area contributed by atoms with E-state index in [-0.39, 0.29) is 24.0 Å². The van der Waals surface area contributed by atoms with Gasteiger partial charge in [0.1, 0.15) is 5.82 Å². The van der Waals surface area contributed by atoms with Crippen LogP contribution in [0.5, 0.6) is 0 Å². The zero-order valence-electron chi connectivity index (χ0n) is 23.1. The van der Waals surface area contributed by atoms with Crippen LogP contribution < -0.4 is 5.32 Å². The molecule has 1 N–H and O–H groups in total. The predicted octanol–water partition coefficient (Wildman–Crippen LogP) is 6.83. The lowest BCUT2D eigenvalue weighted by Crippen LogP contribution is -2.34. The first-order chi connectivity index (χ1) is 17.9. The number of rotatable bonds is 16. The summed E-state index contributed by atoms with van der Waals surface area (Å²) in [4.78, 5) is 32.6. The fraction of sp³-hybridized carbons (Fsp3) is 0.567. The van der Waals surface area contributed by atoms with Gasteiger partial charge in [0.2, 0.25) is 5.91 Å². The summed E-state index contributed by atoms with van der Waals surface area (Å²) in [6.07, 6.45) is 4.49. The lowest BCUT2D eigenvalue weighted by atomic mass is 9.89. The van der Waals surface area contributed by atoms with E-state index in [0.717, 1.165) is 42.5 Å². The van der Waals surface area contributed by atoms with Gasteiger partial charge >= 0.3 is 0 Å². The van der Waals surface area contributed by atoms with Crippen molar-refractivity contribution in [3.05, 3.63) is 52.0 Å². The molecule has 202 valence electrons. The fourth-order valence-electron chi connectivity index (χ4n) is 4.95. The maximum Gasteiger partial charge on any atom is 0.223 e. The van der Waals surface area contributed by atoms with Gasteiger partial charge in [0.25, 0.3) is 0 Å². The summed E-state index contributed by atoms with van der Waals surface area (Å²) in [5.74, 6) is 0.974. The molecule has 0 aliphatic heterocycles. The Morgan fingerprint density at radius 3 is 2.57 bits per heavy atom. The number of ketones is 1. The minimum absolute atomic E-state index is 0.00564. The second-order valence-corrected chi connectivity index (χ2v) is 11.2. The van der Waals surface area contributed by atoms with E-state index in [9.17, 15) is 9.59 Å². The minimum Gasteiger partial charge on any atom is -0.382 e. The molecule has 0 aliphatic rings. The van der Waals surface area contributed by atoms with Crippen LogP contribution in [-0.4, -0.2) is 41.0 Å². The van der Waals surface area contributed by atoms with Gasteiger partial charge in [-0.3, -0.25) is 9.59 Å². The van der Waals surface area contributed by atoms with Crippen LogP contribution >= 0.6 is 11.3 Å². The number of carbonyl (C=O) groups excluding carboxylic acids is 2. The largest absolute Gasteiger partial charge is 0.382 e. The molecule has 0 unspecified atom stereocenters. The van der Waals surface area contributed by atoms with Crippen LogP contribution in [0.25, 0.3) is 11.0 Å². The maximum absolute atomic E-state index is 13.4. The van der Waals surface area contributed by atoms with Crippen LogP contribution in [0, 0.1) is 11.8 Å². The summed E-state index contributed by atoms with van der Waals surface area (Å²) in [6.45, 7) is 12.4. The predicted molar refractivity (Wildman–Crippen MR) is 152 cm³/mol. The van der Waals surface area contributed by atoms with Gasteiger partial charge in [-0.2, -0.15) is 0 Å². The molecule has 0 saturated carbocycles. The first-order valence-electron chi connectivity index (χ1n) is 13.8. The molecule has 1 amide bonds. The highest BCUT2D eigenvalue weighted by atomic mass is 32.1. The molecule has 0 saturated heterocycles. The van der Waals surface area contributed by atoms with Crippen LogP contribution in [0.15, 0.2) is 35.7 Å². The van der Waals surface area contributed by atoms with Crippen LogP contribution in [0.4, 0.5) is 0 Å². The summed E-state index contributed by atoms with van der Waals surface area (Å²) in [6, 6.07) is 10.4. The number of imidazole rings is 1. The number of fused-ring (bicyclic) bond motifs is 1. The molecule has 37 heavy (non-hydrogen) atoms. The minimum atomic E-state index is -0.341. The van der Waals surface area contributed by atoms with E-state index in [4.69, 9.17) is 9.72 Å². The van der Waals surface area contributed by atoms with Crippen LogP contribution in [0.1, 0.15) is 93.8 Å². The highest BCUT2D eigenvalue weighted by Gasteiger charge is 2.24. The topological polar surface area (TPSA) is 73.2 Å². The van der Waals surface area contributed by atoms with Gasteiger partial charge in [-0.1, -0.05) is 33.8 Å². The number of thiophene rings is 1. The fourth-order valence-corrected chi connectivity index (χ4v) is 5.65. The molecule has 0 spiro atoms. The zero-order valence-corrected chi connectivity index (χ0v) is 23.9. The molecular formula is C30H43N3O3S. The monoisotopic (exact) mass is 525 g/mol. The average Bonchev–Trinajstić information content (AvgIpc) is 3.51. The number of nitrogens with one attached hydrogen (secondary N) is 1. The number of aromatic nitrogens is 2. The third-order valence-corrected chi connectivity index (χ3v) is 7.71. The second-order valence-electron chi connectivity index (χ2n) is 10.1. The number of hydrogen-bond acceptors (Lipinski definition) is 5. The Morgan fingerprint density at radius 2 is 1.92 bits per heavy atom. The van der Waals surface area contributed by atoms with Crippen molar-refractivity contribution in [2.45, 2.75) is 79.2 Å². The summed E-state index contributed by atoms with van der Waals surface area (Å²) < 4.78 is 7.72. The number of Topliss-reactive ketones (excluding diaryl/α,β-unsaturated/α-hetero) is 1. The Labute approximate surface area is 225 Å². The van der Waals surface area contributed by atoms with Gasteiger partial charge in [-0.15, -0.1) is 11.3 Å². The molecule has 3 rings (SSSR count). The summed E-state index contributed by atoms with van der Waals surface area (Å²) >= 11 is 1.74. The molecule has 0 aliphatic carbocycles. The van der Waals surface area contributed by atoms with E-state index in [1.54, 1.807) is 11.3 Å². The van der Waals surface area contributed by atoms with Crippen LogP contribution in [0.3, 0.4) is 0 Å². The van der Waals surface area contributed by atoms with Crippen LogP contribution in [-0.2, 0) is 16.0 Å². The van der Waals surface area contributed by atoms with Crippen molar-refractivity contribution >= 4 is 34.1 Å². The Hall–Kier alpha value is -2.51. The maximum atomic E-state index is 13.4. The van der Waals surface area contributed by atoms with E-state index in [2.05, 4.69) is 55.1 Å². The first kappa shape index (κ1) is 29.1. The normalized spacial score (nSPS) is 12.5. The quantitative estimate of drug-likeness (QED) is 0.164. The van der Waals surface area contributed by atoms with Crippen molar-refractivity contribution in [1.29, 1.82) is 0 Å². The van der Waals surface area contributed by atoms with Crippen molar-refractivity contribution in [2.75, 3.05) is 19.8 Å². The third-order valence-electron chi connectivity index (χ3n) is 6.83. The SMILES string of the molecule is CCOCCCNC(=O)[C@@H](CC(=O)c1ccc2c(c1)nc(Cc1cccs1)n2C(CC)CC)CC(C)C. The van der Waals surface area contributed by atoms with Gasteiger partial charge in [0.15, 0.2) is 5.78 Å². The Morgan fingerprint density at radius 1 is 1.14 bits per heavy atom. The number of nitrogens with zero attached hydrogens (tertiary/aromatic N) is 2. The van der Waals surface area contributed by atoms with E-state index in [1.807, 2.05) is 25.1 Å². The second kappa shape index (κ2) is 14.4. The summed E-state index contributed by atoms with van der Waals surface area (Å²) in [5, 5.41) is 5.10. The molecule has 0 radical (unpaired) electrons. The highest BCUT2D eigenvalue weighted by Crippen LogP contribution is 2.29. The molecule has 2 heterocycles. The number of amides is 1. The van der Waals surface area contributed by atoms with Crippen molar-refractivity contribution < 1.29 is 14.3 Å². The smallest absolute Gasteiger partial charge is 0.223 e. The number of ether oxygens (including phenoxy) is 1. The average molecular weight is 526 g/mol. The Bertz CT molecular complexity index is 1130. The number of carbonyl (C=O) groups is 2. The Kier molecular flexibility index (Phi) is 11.3. The molecule has 0 bridgehead atoms. The van der Waals surface area contributed by atoms with Gasteiger partial charge in [0.05, 0.1) is 11.0 Å². The zero-order chi connectivity index (χ0) is 26.8. The van der Waals surface area contributed by atoms with Gasteiger partial charge in [-0.05, 0) is 68.2 Å².